The van der Waals surface area contributed by atoms with Gasteiger partial charge in [0.15, 0.2) is 0 Å². The number of amides is 2. The largest absolute Gasteiger partial charge is 0.338 e. The van der Waals surface area contributed by atoms with Crippen molar-refractivity contribution in [2.75, 3.05) is 19.6 Å². The van der Waals surface area contributed by atoms with Gasteiger partial charge in [0, 0.05) is 32.1 Å². The predicted molar refractivity (Wildman–Crippen MR) is 100 cm³/mol. The summed E-state index contributed by atoms with van der Waals surface area (Å²) in [5, 5.41) is 0. The Morgan fingerprint density at radius 3 is 2.68 bits per heavy atom. The van der Waals surface area contributed by atoms with E-state index in [0.717, 1.165) is 31.4 Å². The fraction of sp³-hybridized carbons (Fsp3) is 0.579. The number of rotatable bonds is 4. The van der Waals surface area contributed by atoms with E-state index in [-0.39, 0.29) is 42.2 Å². The van der Waals surface area contributed by atoms with Crippen molar-refractivity contribution < 1.29 is 9.59 Å². The van der Waals surface area contributed by atoms with E-state index >= 15 is 0 Å². The number of carbonyl (C=O) groups is 2. The Kier molecular flexibility index (Phi) is 6.85. The smallest absolute Gasteiger partial charge is 0.228 e. The van der Waals surface area contributed by atoms with Crippen LogP contribution >= 0.6 is 12.4 Å². The monoisotopic (exact) mass is 365 g/mol. The summed E-state index contributed by atoms with van der Waals surface area (Å²) in [5.74, 6) is -0.0388. The molecule has 2 N–H and O–H groups in total. The van der Waals surface area contributed by atoms with Crippen LogP contribution in [0, 0.1) is 5.92 Å². The fourth-order valence-electron chi connectivity index (χ4n) is 3.95. The van der Waals surface area contributed by atoms with E-state index in [0.29, 0.717) is 19.5 Å². The summed E-state index contributed by atoms with van der Waals surface area (Å²) < 4.78 is 0. The van der Waals surface area contributed by atoms with E-state index in [9.17, 15) is 9.59 Å². The molecule has 3 unspecified atom stereocenters. The molecule has 0 spiro atoms. The van der Waals surface area contributed by atoms with Crippen LogP contribution in [0.2, 0.25) is 0 Å². The molecular weight excluding hydrogens is 338 g/mol. The van der Waals surface area contributed by atoms with Crippen LogP contribution in [0.15, 0.2) is 30.3 Å². The highest BCUT2D eigenvalue weighted by atomic mass is 35.5. The van der Waals surface area contributed by atoms with Crippen molar-refractivity contribution in [2.45, 2.75) is 44.7 Å². The molecule has 2 saturated heterocycles. The lowest BCUT2D eigenvalue weighted by molar-refractivity contribution is -0.139. The van der Waals surface area contributed by atoms with Crippen molar-refractivity contribution in [1.29, 1.82) is 0 Å². The first-order valence-electron chi connectivity index (χ1n) is 8.96. The second kappa shape index (κ2) is 8.68. The number of nitrogens with zero attached hydrogens (tertiary/aromatic N) is 2. The first kappa shape index (κ1) is 19.7. The molecule has 2 aliphatic rings. The summed E-state index contributed by atoms with van der Waals surface area (Å²) in [4.78, 5) is 29.2. The minimum Gasteiger partial charge on any atom is -0.338 e. The maximum atomic E-state index is 12.9. The van der Waals surface area contributed by atoms with Crippen LogP contribution in [0.1, 0.15) is 44.2 Å². The molecule has 0 aromatic heterocycles. The molecule has 0 bridgehead atoms. The van der Waals surface area contributed by atoms with Gasteiger partial charge in [-0.1, -0.05) is 30.3 Å². The Morgan fingerprint density at radius 1 is 1.28 bits per heavy atom. The van der Waals surface area contributed by atoms with Crippen molar-refractivity contribution in [3.8, 4) is 0 Å². The molecule has 0 radical (unpaired) electrons. The quantitative estimate of drug-likeness (QED) is 0.890. The Labute approximate surface area is 155 Å². The molecule has 0 saturated carbocycles. The zero-order valence-corrected chi connectivity index (χ0v) is 15.6. The van der Waals surface area contributed by atoms with Crippen LogP contribution in [-0.2, 0) is 9.59 Å². The van der Waals surface area contributed by atoms with Gasteiger partial charge in [0.05, 0.1) is 12.0 Å². The molecule has 2 amide bonds. The van der Waals surface area contributed by atoms with E-state index in [1.54, 1.807) is 0 Å². The van der Waals surface area contributed by atoms with Crippen LogP contribution < -0.4 is 5.73 Å². The van der Waals surface area contributed by atoms with Crippen molar-refractivity contribution in [2.24, 2.45) is 11.7 Å². The van der Waals surface area contributed by atoms with E-state index in [1.165, 1.54) is 0 Å². The molecule has 3 atom stereocenters. The van der Waals surface area contributed by atoms with Gasteiger partial charge in [-0.2, -0.15) is 0 Å². The van der Waals surface area contributed by atoms with Crippen molar-refractivity contribution in [3.05, 3.63) is 35.9 Å². The summed E-state index contributed by atoms with van der Waals surface area (Å²) in [6.07, 6.45) is 3.47. The average molecular weight is 366 g/mol. The highest BCUT2D eigenvalue weighted by Crippen LogP contribution is 2.30. The lowest BCUT2D eigenvalue weighted by Crippen LogP contribution is -2.50. The minimum absolute atomic E-state index is 0. The van der Waals surface area contributed by atoms with E-state index < -0.39 is 0 Å². The topological polar surface area (TPSA) is 66.6 Å². The Morgan fingerprint density at radius 2 is 2.00 bits per heavy atom. The predicted octanol–water partition coefficient (Wildman–Crippen LogP) is 2.36. The Bertz CT molecular complexity index is 596. The van der Waals surface area contributed by atoms with Gasteiger partial charge in [-0.25, -0.2) is 0 Å². The summed E-state index contributed by atoms with van der Waals surface area (Å²) in [6.45, 7) is 3.83. The number of carbonyl (C=O) groups excluding carboxylic acids is 2. The summed E-state index contributed by atoms with van der Waals surface area (Å²) in [5.41, 5.74) is 6.95. The average Bonchev–Trinajstić information content (AvgIpc) is 3.03. The molecule has 6 heteroatoms. The van der Waals surface area contributed by atoms with Gasteiger partial charge in [0.25, 0.3) is 0 Å². The molecule has 2 aliphatic heterocycles. The molecule has 2 heterocycles. The zero-order chi connectivity index (χ0) is 17.1. The van der Waals surface area contributed by atoms with E-state index in [2.05, 4.69) is 0 Å². The number of nitrogens with two attached hydrogens (primary N) is 1. The van der Waals surface area contributed by atoms with E-state index in [1.807, 2.05) is 47.1 Å². The van der Waals surface area contributed by atoms with Crippen LogP contribution in [0.25, 0.3) is 0 Å². The summed E-state index contributed by atoms with van der Waals surface area (Å²) >= 11 is 0. The first-order valence-corrected chi connectivity index (χ1v) is 8.96. The lowest BCUT2D eigenvalue weighted by Gasteiger charge is -2.36. The lowest BCUT2D eigenvalue weighted by atomic mass is 9.98. The Balaban J connectivity index is 0.00000225. The number of benzene rings is 1. The molecule has 0 aliphatic carbocycles. The van der Waals surface area contributed by atoms with E-state index in [4.69, 9.17) is 5.73 Å². The van der Waals surface area contributed by atoms with Crippen LogP contribution in [0.3, 0.4) is 0 Å². The third-order valence-electron chi connectivity index (χ3n) is 5.44. The zero-order valence-electron chi connectivity index (χ0n) is 14.8. The van der Waals surface area contributed by atoms with Crippen molar-refractivity contribution in [3.63, 3.8) is 0 Å². The normalized spacial score (nSPS) is 24.8. The maximum absolute atomic E-state index is 12.9. The van der Waals surface area contributed by atoms with Crippen LogP contribution in [0.5, 0.6) is 0 Å². The maximum Gasteiger partial charge on any atom is 0.228 e. The second-order valence-corrected chi connectivity index (χ2v) is 6.95. The molecule has 2 fully saturated rings. The molecule has 1 aromatic rings. The number of hydrogen-bond donors (Lipinski definition) is 1. The van der Waals surface area contributed by atoms with Crippen molar-refractivity contribution >= 4 is 24.2 Å². The summed E-state index contributed by atoms with van der Waals surface area (Å²) in [7, 11) is 0. The number of hydrogen-bond acceptors (Lipinski definition) is 3. The minimum atomic E-state index is -0.226. The SMILES string of the molecule is CC(c1ccccc1)N1CC(C(=O)N2CCCCC2CN)CC1=O.Cl. The van der Waals surface area contributed by atoms with Crippen LogP contribution in [-0.4, -0.2) is 47.3 Å². The molecule has 1 aromatic carbocycles. The number of halogens is 1. The van der Waals surface area contributed by atoms with Gasteiger partial charge < -0.3 is 15.5 Å². The van der Waals surface area contributed by atoms with Gasteiger partial charge in [0.1, 0.15) is 0 Å². The molecular formula is C19H28ClN3O2. The van der Waals surface area contributed by atoms with Gasteiger partial charge >= 0.3 is 0 Å². The van der Waals surface area contributed by atoms with Gasteiger partial charge in [-0.05, 0) is 31.7 Å². The summed E-state index contributed by atoms with van der Waals surface area (Å²) in [6, 6.07) is 10.1. The molecule has 3 rings (SSSR count). The van der Waals surface area contributed by atoms with Gasteiger partial charge in [-0.15, -0.1) is 12.4 Å². The molecule has 5 nitrogen and oxygen atoms in total. The van der Waals surface area contributed by atoms with Gasteiger partial charge in [-0.3, -0.25) is 9.59 Å². The third-order valence-corrected chi connectivity index (χ3v) is 5.44. The fourth-order valence-corrected chi connectivity index (χ4v) is 3.95. The molecule has 138 valence electrons. The van der Waals surface area contributed by atoms with Crippen molar-refractivity contribution in [1.82, 2.24) is 9.80 Å². The third kappa shape index (κ3) is 4.15. The highest BCUT2D eigenvalue weighted by Gasteiger charge is 2.40. The molecule has 25 heavy (non-hydrogen) atoms. The Hall–Kier alpha value is -1.59. The first-order chi connectivity index (χ1) is 11.6. The van der Waals surface area contributed by atoms with Gasteiger partial charge in [0.2, 0.25) is 11.8 Å². The second-order valence-electron chi connectivity index (χ2n) is 6.95. The number of likely N-dealkylation sites (tertiary alicyclic amines) is 2. The standard InChI is InChI=1S/C19H27N3O2.ClH/c1-14(15-7-3-2-4-8-15)22-13-16(11-18(22)23)19(24)21-10-6-5-9-17(21)12-20;/h2-4,7-8,14,16-17H,5-6,9-13,20H2,1H3;1H. The number of piperidine rings is 1. The van der Waals surface area contributed by atoms with Crippen LogP contribution in [0.4, 0.5) is 0 Å². The highest BCUT2D eigenvalue weighted by molar-refractivity contribution is 5.89.